The predicted molar refractivity (Wildman–Crippen MR) is 66.0 cm³/mol. The first-order chi connectivity index (χ1) is 8.29. The van der Waals surface area contributed by atoms with Gasteiger partial charge in [-0.1, -0.05) is 0 Å². The maximum atomic E-state index is 5.86. The molecular formula is C11H21N5O. The third-order valence-corrected chi connectivity index (χ3v) is 2.93. The Morgan fingerprint density at radius 3 is 3.18 bits per heavy atom. The van der Waals surface area contributed by atoms with E-state index in [9.17, 15) is 0 Å². The van der Waals surface area contributed by atoms with Crippen LogP contribution in [0.25, 0.3) is 0 Å². The maximum Gasteiger partial charge on any atom is 0.244 e. The van der Waals surface area contributed by atoms with Gasteiger partial charge in [0.25, 0.3) is 0 Å². The van der Waals surface area contributed by atoms with Gasteiger partial charge in [0.1, 0.15) is 5.82 Å². The summed E-state index contributed by atoms with van der Waals surface area (Å²) >= 11 is 0. The standard InChI is InChI=1S/C11H21N5O/c1-2-17-7-3-4-10-13-11(15-14-10)16-6-5-9(12)8-16/h9H,2-8,12H2,1H3,(H,13,14,15). The summed E-state index contributed by atoms with van der Waals surface area (Å²) < 4.78 is 5.29. The second kappa shape index (κ2) is 5.97. The number of H-pyrrole nitrogens is 1. The van der Waals surface area contributed by atoms with Crippen LogP contribution in [0.15, 0.2) is 0 Å². The lowest BCUT2D eigenvalue weighted by atomic mass is 10.3. The topological polar surface area (TPSA) is 80.1 Å². The Bertz CT molecular complexity index is 340. The summed E-state index contributed by atoms with van der Waals surface area (Å²) in [6, 6.07) is 0.259. The molecule has 0 aromatic carbocycles. The van der Waals surface area contributed by atoms with E-state index < -0.39 is 0 Å². The third-order valence-electron chi connectivity index (χ3n) is 2.93. The van der Waals surface area contributed by atoms with E-state index in [4.69, 9.17) is 10.5 Å². The highest BCUT2D eigenvalue weighted by molar-refractivity contribution is 5.31. The van der Waals surface area contributed by atoms with Crippen molar-refractivity contribution in [3.8, 4) is 0 Å². The third kappa shape index (κ3) is 3.41. The van der Waals surface area contributed by atoms with Gasteiger partial charge >= 0.3 is 0 Å². The molecule has 1 atom stereocenters. The van der Waals surface area contributed by atoms with E-state index >= 15 is 0 Å². The van der Waals surface area contributed by atoms with Gasteiger partial charge < -0.3 is 15.4 Å². The van der Waals surface area contributed by atoms with Gasteiger partial charge in [0, 0.05) is 38.8 Å². The summed E-state index contributed by atoms with van der Waals surface area (Å²) in [7, 11) is 0. The molecule has 0 radical (unpaired) electrons. The first kappa shape index (κ1) is 12.3. The van der Waals surface area contributed by atoms with Gasteiger partial charge in [-0.3, -0.25) is 5.10 Å². The Morgan fingerprint density at radius 2 is 2.47 bits per heavy atom. The molecule has 0 saturated carbocycles. The lowest BCUT2D eigenvalue weighted by molar-refractivity contribution is 0.145. The zero-order chi connectivity index (χ0) is 12.1. The largest absolute Gasteiger partial charge is 0.382 e. The van der Waals surface area contributed by atoms with Crippen LogP contribution in [-0.2, 0) is 11.2 Å². The van der Waals surface area contributed by atoms with Crippen molar-refractivity contribution in [3.05, 3.63) is 5.82 Å². The van der Waals surface area contributed by atoms with Crippen LogP contribution >= 0.6 is 0 Å². The molecule has 1 aromatic heterocycles. The van der Waals surface area contributed by atoms with Crippen LogP contribution in [0.5, 0.6) is 0 Å². The Morgan fingerprint density at radius 1 is 1.59 bits per heavy atom. The van der Waals surface area contributed by atoms with Crippen molar-refractivity contribution in [1.29, 1.82) is 0 Å². The van der Waals surface area contributed by atoms with Crippen molar-refractivity contribution in [2.45, 2.75) is 32.2 Å². The molecule has 0 aliphatic carbocycles. The Hall–Kier alpha value is -1.14. The lowest BCUT2D eigenvalue weighted by Crippen LogP contribution is -2.27. The molecule has 1 saturated heterocycles. The van der Waals surface area contributed by atoms with Gasteiger partial charge in [0.05, 0.1) is 0 Å². The molecule has 2 heterocycles. The highest BCUT2D eigenvalue weighted by Gasteiger charge is 2.22. The molecule has 1 fully saturated rings. The number of nitrogens with zero attached hydrogens (tertiary/aromatic N) is 3. The van der Waals surface area contributed by atoms with E-state index in [1.54, 1.807) is 0 Å². The minimum atomic E-state index is 0.259. The van der Waals surface area contributed by atoms with Crippen molar-refractivity contribution < 1.29 is 4.74 Å². The molecule has 0 amide bonds. The first-order valence-corrected chi connectivity index (χ1v) is 6.29. The second-order valence-electron chi connectivity index (χ2n) is 4.38. The van der Waals surface area contributed by atoms with Crippen molar-refractivity contribution in [2.24, 2.45) is 5.73 Å². The number of aromatic nitrogens is 3. The fourth-order valence-electron chi connectivity index (χ4n) is 1.99. The van der Waals surface area contributed by atoms with Gasteiger partial charge in [0.2, 0.25) is 5.95 Å². The minimum absolute atomic E-state index is 0.259. The van der Waals surface area contributed by atoms with Crippen LogP contribution in [0.3, 0.4) is 0 Å². The van der Waals surface area contributed by atoms with Crippen LogP contribution in [-0.4, -0.2) is 47.5 Å². The molecule has 1 unspecified atom stereocenters. The molecule has 0 bridgehead atoms. The summed E-state index contributed by atoms with van der Waals surface area (Å²) in [5, 5.41) is 7.20. The Kier molecular flexibility index (Phi) is 4.33. The van der Waals surface area contributed by atoms with Crippen molar-refractivity contribution >= 4 is 5.95 Å². The minimum Gasteiger partial charge on any atom is -0.382 e. The van der Waals surface area contributed by atoms with E-state index in [0.29, 0.717) is 0 Å². The fraction of sp³-hybridized carbons (Fsp3) is 0.818. The normalized spacial score (nSPS) is 20.1. The molecule has 6 heteroatoms. The van der Waals surface area contributed by atoms with Crippen LogP contribution in [0, 0.1) is 0 Å². The van der Waals surface area contributed by atoms with Crippen molar-refractivity contribution in [3.63, 3.8) is 0 Å². The van der Waals surface area contributed by atoms with E-state index in [0.717, 1.165) is 57.3 Å². The number of aryl methyl sites for hydroxylation is 1. The average molecular weight is 239 g/mol. The molecular weight excluding hydrogens is 218 g/mol. The number of hydrogen-bond donors (Lipinski definition) is 2. The lowest BCUT2D eigenvalue weighted by Gasteiger charge is -2.11. The van der Waals surface area contributed by atoms with Crippen LogP contribution in [0.4, 0.5) is 5.95 Å². The Balaban J connectivity index is 1.79. The van der Waals surface area contributed by atoms with E-state index in [1.807, 2.05) is 6.92 Å². The molecule has 1 aliphatic heterocycles. The zero-order valence-corrected chi connectivity index (χ0v) is 10.4. The number of ether oxygens (including phenoxy) is 1. The van der Waals surface area contributed by atoms with Crippen LogP contribution < -0.4 is 10.6 Å². The number of hydrogen-bond acceptors (Lipinski definition) is 5. The molecule has 1 aromatic rings. The van der Waals surface area contributed by atoms with Gasteiger partial charge in [-0.25, -0.2) is 0 Å². The molecule has 2 rings (SSSR count). The molecule has 17 heavy (non-hydrogen) atoms. The van der Waals surface area contributed by atoms with Gasteiger partial charge in [-0.2, -0.15) is 4.98 Å². The predicted octanol–water partition coefficient (Wildman–Crippen LogP) is 0.311. The quantitative estimate of drug-likeness (QED) is 0.698. The number of anilines is 1. The van der Waals surface area contributed by atoms with Gasteiger partial charge in [-0.15, -0.1) is 5.10 Å². The van der Waals surface area contributed by atoms with Crippen molar-refractivity contribution in [2.75, 3.05) is 31.2 Å². The zero-order valence-electron chi connectivity index (χ0n) is 10.4. The molecule has 6 nitrogen and oxygen atoms in total. The molecule has 0 spiro atoms. The number of aromatic amines is 1. The monoisotopic (exact) mass is 239 g/mol. The summed E-state index contributed by atoms with van der Waals surface area (Å²) in [6.07, 6.45) is 2.88. The Labute approximate surface area is 102 Å². The SMILES string of the molecule is CCOCCCc1nc(N2CCC(N)C2)n[nH]1. The fourth-order valence-corrected chi connectivity index (χ4v) is 1.99. The first-order valence-electron chi connectivity index (χ1n) is 6.29. The van der Waals surface area contributed by atoms with E-state index in [1.165, 1.54) is 0 Å². The number of nitrogens with one attached hydrogen (secondary N) is 1. The second-order valence-corrected chi connectivity index (χ2v) is 4.38. The van der Waals surface area contributed by atoms with E-state index in [-0.39, 0.29) is 6.04 Å². The molecule has 1 aliphatic rings. The van der Waals surface area contributed by atoms with Crippen molar-refractivity contribution in [1.82, 2.24) is 15.2 Å². The number of rotatable bonds is 6. The van der Waals surface area contributed by atoms with E-state index in [2.05, 4.69) is 20.1 Å². The molecule has 96 valence electrons. The average Bonchev–Trinajstić information content (AvgIpc) is 2.93. The van der Waals surface area contributed by atoms with Gasteiger partial charge in [0.15, 0.2) is 0 Å². The highest BCUT2D eigenvalue weighted by Crippen LogP contribution is 2.14. The van der Waals surface area contributed by atoms with Gasteiger partial charge in [-0.05, 0) is 19.8 Å². The summed E-state index contributed by atoms with van der Waals surface area (Å²) in [5.41, 5.74) is 5.86. The highest BCUT2D eigenvalue weighted by atomic mass is 16.5. The summed E-state index contributed by atoms with van der Waals surface area (Å²) in [4.78, 5) is 6.60. The van der Waals surface area contributed by atoms with Crippen LogP contribution in [0.1, 0.15) is 25.6 Å². The molecule has 3 N–H and O–H groups in total. The van der Waals surface area contributed by atoms with Crippen LogP contribution in [0.2, 0.25) is 0 Å². The smallest absolute Gasteiger partial charge is 0.244 e. The summed E-state index contributed by atoms with van der Waals surface area (Å²) in [5.74, 6) is 1.71. The number of nitrogens with two attached hydrogens (primary N) is 1. The summed E-state index contributed by atoms with van der Waals surface area (Å²) in [6.45, 7) is 5.37. The maximum absolute atomic E-state index is 5.86.